The third kappa shape index (κ3) is 3.45. The van der Waals surface area contributed by atoms with E-state index < -0.39 is 0 Å². The molecule has 4 nitrogen and oxygen atoms in total. The van der Waals surface area contributed by atoms with Crippen molar-refractivity contribution in [3.63, 3.8) is 0 Å². The number of hydrogen-bond donors (Lipinski definition) is 2. The van der Waals surface area contributed by atoms with Crippen molar-refractivity contribution < 1.29 is 4.79 Å². The molecule has 0 spiro atoms. The molecule has 0 aromatic carbocycles. The summed E-state index contributed by atoms with van der Waals surface area (Å²) in [5, 5.41) is 2.99. The maximum atomic E-state index is 11.9. The Hall–Kier alpha value is -1.58. The Kier molecular flexibility index (Phi) is 4.18. The summed E-state index contributed by atoms with van der Waals surface area (Å²) >= 11 is 0. The van der Waals surface area contributed by atoms with Crippen molar-refractivity contribution in [3.05, 3.63) is 23.9 Å². The number of rotatable bonds is 3. The summed E-state index contributed by atoms with van der Waals surface area (Å²) in [5.41, 5.74) is 6.15. The van der Waals surface area contributed by atoms with Gasteiger partial charge in [-0.25, -0.2) is 4.98 Å². The Morgan fingerprint density at radius 3 is 3.11 bits per heavy atom. The molecule has 1 fully saturated rings. The molecule has 2 unspecified atom stereocenters. The molecule has 1 saturated carbocycles. The number of hydrogen-bond acceptors (Lipinski definition) is 3. The molecule has 2 atom stereocenters. The molecule has 2 rings (SSSR count). The highest BCUT2D eigenvalue weighted by Crippen LogP contribution is 2.27. The third-order valence-electron chi connectivity index (χ3n) is 3.64. The van der Waals surface area contributed by atoms with E-state index in [0.29, 0.717) is 17.3 Å². The highest BCUT2D eigenvalue weighted by atomic mass is 16.1. The van der Waals surface area contributed by atoms with Crippen molar-refractivity contribution in [2.45, 2.75) is 32.6 Å². The van der Waals surface area contributed by atoms with Gasteiger partial charge in [0.1, 0.15) is 5.82 Å². The lowest BCUT2D eigenvalue weighted by Crippen LogP contribution is -2.31. The molecule has 0 radical (unpaired) electrons. The highest BCUT2D eigenvalue weighted by molar-refractivity contribution is 5.94. The van der Waals surface area contributed by atoms with E-state index in [0.717, 1.165) is 12.5 Å². The van der Waals surface area contributed by atoms with Crippen LogP contribution in [-0.4, -0.2) is 17.4 Å². The summed E-state index contributed by atoms with van der Waals surface area (Å²) in [6.45, 7) is 3.06. The first-order chi connectivity index (χ1) is 8.65. The number of carbonyl (C=O) groups excluding carboxylic acids is 1. The van der Waals surface area contributed by atoms with Crippen molar-refractivity contribution in [2.75, 3.05) is 12.3 Å². The van der Waals surface area contributed by atoms with Crippen molar-refractivity contribution in [1.82, 2.24) is 10.3 Å². The molecule has 0 bridgehead atoms. The standard InChI is InChI=1S/C14H21N3O/c1-10-3-2-4-11(7-10)9-17-14(18)12-5-6-16-13(15)8-12/h5-6,8,10-11H,2-4,7,9H2,1H3,(H2,15,16)(H,17,18). The number of nitrogen functional groups attached to an aromatic ring is 1. The first-order valence-corrected chi connectivity index (χ1v) is 6.65. The molecule has 1 aromatic rings. The minimum atomic E-state index is -0.0534. The number of pyridine rings is 1. The third-order valence-corrected chi connectivity index (χ3v) is 3.64. The normalized spacial score (nSPS) is 23.6. The first-order valence-electron chi connectivity index (χ1n) is 6.65. The van der Waals surface area contributed by atoms with Gasteiger partial charge in [0.05, 0.1) is 0 Å². The second-order valence-electron chi connectivity index (χ2n) is 5.32. The minimum Gasteiger partial charge on any atom is -0.384 e. The average molecular weight is 247 g/mol. The number of nitrogens with two attached hydrogens (primary N) is 1. The van der Waals surface area contributed by atoms with Crippen LogP contribution in [0, 0.1) is 11.8 Å². The zero-order chi connectivity index (χ0) is 13.0. The largest absolute Gasteiger partial charge is 0.384 e. The average Bonchev–Trinajstić information content (AvgIpc) is 2.36. The maximum Gasteiger partial charge on any atom is 0.251 e. The Bertz CT molecular complexity index is 419. The number of nitrogens with one attached hydrogen (secondary N) is 1. The van der Waals surface area contributed by atoms with E-state index in [-0.39, 0.29) is 5.91 Å². The molecule has 1 aliphatic rings. The lowest BCUT2D eigenvalue weighted by molar-refractivity contribution is 0.0940. The second-order valence-corrected chi connectivity index (χ2v) is 5.32. The smallest absolute Gasteiger partial charge is 0.251 e. The fraction of sp³-hybridized carbons (Fsp3) is 0.571. The van der Waals surface area contributed by atoms with Crippen LogP contribution in [0.5, 0.6) is 0 Å². The molecule has 1 amide bonds. The van der Waals surface area contributed by atoms with Gasteiger partial charge in [-0.1, -0.05) is 19.8 Å². The van der Waals surface area contributed by atoms with Gasteiger partial charge in [0, 0.05) is 18.3 Å². The molecule has 1 aromatic heterocycles. The second kappa shape index (κ2) is 5.85. The van der Waals surface area contributed by atoms with E-state index in [4.69, 9.17) is 5.73 Å². The van der Waals surface area contributed by atoms with E-state index in [1.54, 1.807) is 18.3 Å². The van der Waals surface area contributed by atoms with Crippen LogP contribution in [0.25, 0.3) is 0 Å². The van der Waals surface area contributed by atoms with Gasteiger partial charge in [0.25, 0.3) is 5.91 Å². The van der Waals surface area contributed by atoms with Gasteiger partial charge in [-0.3, -0.25) is 4.79 Å². The molecule has 98 valence electrons. The lowest BCUT2D eigenvalue weighted by atomic mass is 9.82. The first kappa shape index (κ1) is 12.9. The molecular weight excluding hydrogens is 226 g/mol. The van der Waals surface area contributed by atoms with Crippen LogP contribution in [0.1, 0.15) is 43.0 Å². The monoisotopic (exact) mass is 247 g/mol. The van der Waals surface area contributed by atoms with Crippen molar-refractivity contribution in [2.24, 2.45) is 11.8 Å². The van der Waals surface area contributed by atoms with Gasteiger partial charge in [0.2, 0.25) is 0 Å². The Labute approximate surface area is 108 Å². The lowest BCUT2D eigenvalue weighted by Gasteiger charge is -2.26. The fourth-order valence-corrected chi connectivity index (χ4v) is 2.67. The van der Waals surface area contributed by atoms with Crippen LogP contribution in [0.2, 0.25) is 0 Å². The minimum absolute atomic E-state index is 0.0534. The summed E-state index contributed by atoms with van der Waals surface area (Å²) in [5.74, 6) is 1.74. The van der Waals surface area contributed by atoms with Gasteiger partial charge in [-0.15, -0.1) is 0 Å². The molecule has 1 aliphatic carbocycles. The number of aromatic nitrogens is 1. The summed E-state index contributed by atoms with van der Waals surface area (Å²) in [4.78, 5) is 15.8. The Morgan fingerprint density at radius 1 is 1.56 bits per heavy atom. The van der Waals surface area contributed by atoms with E-state index >= 15 is 0 Å². The highest BCUT2D eigenvalue weighted by Gasteiger charge is 2.19. The van der Waals surface area contributed by atoms with Crippen molar-refractivity contribution in [3.8, 4) is 0 Å². The molecular formula is C14H21N3O. The van der Waals surface area contributed by atoms with E-state index in [1.807, 2.05) is 0 Å². The van der Waals surface area contributed by atoms with Crippen molar-refractivity contribution in [1.29, 1.82) is 0 Å². The SMILES string of the molecule is CC1CCCC(CNC(=O)c2ccnc(N)c2)C1. The Morgan fingerprint density at radius 2 is 2.39 bits per heavy atom. The molecule has 4 heteroatoms. The fourth-order valence-electron chi connectivity index (χ4n) is 2.67. The molecule has 18 heavy (non-hydrogen) atoms. The quantitative estimate of drug-likeness (QED) is 0.860. The van der Waals surface area contributed by atoms with Crippen molar-refractivity contribution >= 4 is 11.7 Å². The molecule has 1 heterocycles. The zero-order valence-electron chi connectivity index (χ0n) is 10.9. The molecule has 0 aliphatic heterocycles. The van der Waals surface area contributed by atoms with Crippen LogP contribution in [0.15, 0.2) is 18.3 Å². The number of carbonyl (C=O) groups is 1. The molecule has 0 saturated heterocycles. The molecule has 3 N–H and O–H groups in total. The summed E-state index contributed by atoms with van der Waals surface area (Å²) in [6, 6.07) is 3.30. The summed E-state index contributed by atoms with van der Waals surface area (Å²) < 4.78 is 0. The number of anilines is 1. The number of amides is 1. The van der Waals surface area contributed by atoms with Crippen LogP contribution in [0.4, 0.5) is 5.82 Å². The topological polar surface area (TPSA) is 68.0 Å². The number of nitrogens with zero attached hydrogens (tertiary/aromatic N) is 1. The van der Waals surface area contributed by atoms with Crippen LogP contribution in [0.3, 0.4) is 0 Å². The van der Waals surface area contributed by atoms with Crippen LogP contribution >= 0.6 is 0 Å². The van der Waals surface area contributed by atoms with E-state index in [1.165, 1.54) is 25.7 Å². The maximum absolute atomic E-state index is 11.9. The van der Waals surface area contributed by atoms with E-state index in [9.17, 15) is 4.79 Å². The zero-order valence-corrected chi connectivity index (χ0v) is 10.9. The van der Waals surface area contributed by atoms with Gasteiger partial charge >= 0.3 is 0 Å². The summed E-state index contributed by atoms with van der Waals surface area (Å²) in [6.07, 6.45) is 6.62. The van der Waals surface area contributed by atoms with Gasteiger partial charge in [-0.2, -0.15) is 0 Å². The van der Waals surface area contributed by atoms with E-state index in [2.05, 4.69) is 17.2 Å². The van der Waals surface area contributed by atoms with Crippen LogP contribution < -0.4 is 11.1 Å². The van der Waals surface area contributed by atoms with Crippen LogP contribution in [-0.2, 0) is 0 Å². The van der Waals surface area contributed by atoms with Gasteiger partial charge in [-0.05, 0) is 36.8 Å². The summed E-state index contributed by atoms with van der Waals surface area (Å²) in [7, 11) is 0. The predicted octanol–water partition coefficient (Wildman–Crippen LogP) is 2.22. The van der Waals surface area contributed by atoms with Gasteiger partial charge in [0.15, 0.2) is 0 Å². The van der Waals surface area contributed by atoms with Gasteiger partial charge < -0.3 is 11.1 Å². The Balaban J connectivity index is 1.84. The predicted molar refractivity (Wildman–Crippen MR) is 72.1 cm³/mol.